The van der Waals surface area contributed by atoms with Gasteiger partial charge < -0.3 is 10.1 Å². The van der Waals surface area contributed by atoms with E-state index in [0.29, 0.717) is 6.61 Å². The summed E-state index contributed by atoms with van der Waals surface area (Å²) in [7, 11) is 0. The lowest BCUT2D eigenvalue weighted by Gasteiger charge is -1.98. The topological polar surface area (TPSA) is 62.1 Å². The first-order valence-electron chi connectivity index (χ1n) is 2.58. The summed E-state index contributed by atoms with van der Waals surface area (Å²) in [5, 5.41) is 10.2. The Bertz CT molecular complexity index is 127. The van der Waals surface area contributed by atoms with Crippen molar-refractivity contribution in [1.29, 1.82) is 5.26 Å². The number of hydrogen-bond donors (Lipinski definition) is 1. The first-order chi connectivity index (χ1) is 4.31. The molecule has 0 spiro atoms. The van der Waals surface area contributed by atoms with Crippen molar-refractivity contribution < 1.29 is 9.53 Å². The fourth-order valence-corrected chi connectivity index (χ4v) is 0.294. The summed E-state index contributed by atoms with van der Waals surface area (Å²) in [6.45, 7) is 2.03. The number of nitrogens with zero attached hydrogens (tertiary/aromatic N) is 1. The van der Waals surface area contributed by atoms with E-state index in [4.69, 9.17) is 5.26 Å². The molecule has 0 atom stereocenters. The molecule has 0 aliphatic heterocycles. The van der Waals surface area contributed by atoms with Crippen LogP contribution in [0, 0.1) is 11.3 Å². The molecule has 0 heterocycles. The first kappa shape index (κ1) is 7.76. The van der Waals surface area contributed by atoms with Gasteiger partial charge in [-0.05, 0) is 6.92 Å². The Balaban J connectivity index is 3.19. The van der Waals surface area contributed by atoms with E-state index in [0.717, 1.165) is 0 Å². The minimum absolute atomic E-state index is 0.00116. The molecule has 4 heteroatoms. The van der Waals surface area contributed by atoms with Crippen LogP contribution in [-0.2, 0) is 4.74 Å². The number of carbonyl (C=O) groups is 1. The average Bonchev–Trinajstić information content (AvgIpc) is 1.85. The number of nitriles is 1. The maximum atomic E-state index is 10.3. The van der Waals surface area contributed by atoms with Gasteiger partial charge in [0.2, 0.25) is 0 Å². The Hall–Kier alpha value is -1.24. The molecule has 0 aliphatic rings. The van der Waals surface area contributed by atoms with E-state index in [2.05, 4.69) is 10.1 Å². The predicted molar refractivity (Wildman–Crippen MR) is 30.6 cm³/mol. The molecule has 1 N–H and O–H groups in total. The van der Waals surface area contributed by atoms with Crippen LogP contribution in [0.1, 0.15) is 6.92 Å². The van der Waals surface area contributed by atoms with Crippen LogP contribution in [0.3, 0.4) is 0 Å². The van der Waals surface area contributed by atoms with Gasteiger partial charge in [0.25, 0.3) is 0 Å². The van der Waals surface area contributed by atoms with E-state index in [1.165, 1.54) is 0 Å². The van der Waals surface area contributed by atoms with Crippen LogP contribution in [0.2, 0.25) is 0 Å². The molecule has 0 saturated heterocycles. The van der Waals surface area contributed by atoms with Gasteiger partial charge >= 0.3 is 6.09 Å². The lowest BCUT2D eigenvalue weighted by atomic mass is 10.7. The number of ether oxygens (including phenoxy) is 1. The van der Waals surface area contributed by atoms with Crippen LogP contribution >= 0.6 is 0 Å². The minimum Gasteiger partial charge on any atom is -0.450 e. The van der Waals surface area contributed by atoms with Crippen molar-refractivity contribution in [3.05, 3.63) is 0 Å². The number of rotatable bonds is 2. The number of carbonyl (C=O) groups excluding carboxylic acids is 1. The van der Waals surface area contributed by atoms with Gasteiger partial charge in [-0.3, -0.25) is 0 Å². The molecule has 0 rings (SSSR count). The third kappa shape index (κ3) is 4.62. The summed E-state index contributed by atoms with van der Waals surface area (Å²) in [4.78, 5) is 10.3. The molecule has 0 radical (unpaired) electrons. The minimum atomic E-state index is -0.543. The maximum absolute atomic E-state index is 10.3. The lowest BCUT2D eigenvalue weighted by molar-refractivity contribution is 0.153. The highest BCUT2D eigenvalue weighted by atomic mass is 16.5. The van der Waals surface area contributed by atoms with Crippen molar-refractivity contribution in [3.8, 4) is 6.07 Å². The molecule has 50 valence electrons. The van der Waals surface area contributed by atoms with Gasteiger partial charge in [0.1, 0.15) is 6.54 Å². The van der Waals surface area contributed by atoms with Gasteiger partial charge in [0.05, 0.1) is 12.7 Å². The van der Waals surface area contributed by atoms with Crippen LogP contribution in [0.25, 0.3) is 0 Å². The normalized spacial score (nSPS) is 7.56. The van der Waals surface area contributed by atoms with Crippen LogP contribution in [0.5, 0.6) is 0 Å². The molecule has 9 heavy (non-hydrogen) atoms. The van der Waals surface area contributed by atoms with Gasteiger partial charge in [0.15, 0.2) is 0 Å². The zero-order chi connectivity index (χ0) is 7.11. The van der Waals surface area contributed by atoms with Crippen LogP contribution < -0.4 is 5.32 Å². The number of amides is 1. The van der Waals surface area contributed by atoms with Crippen molar-refractivity contribution in [1.82, 2.24) is 5.32 Å². The fourth-order valence-electron chi connectivity index (χ4n) is 0.294. The van der Waals surface area contributed by atoms with Crippen molar-refractivity contribution in [2.24, 2.45) is 0 Å². The van der Waals surface area contributed by atoms with Crippen molar-refractivity contribution in [3.63, 3.8) is 0 Å². The Labute approximate surface area is 53.4 Å². The molecule has 0 unspecified atom stereocenters. The first-order valence-corrected chi connectivity index (χ1v) is 2.58. The van der Waals surface area contributed by atoms with Crippen LogP contribution in [0.15, 0.2) is 0 Å². The van der Waals surface area contributed by atoms with Gasteiger partial charge in [-0.15, -0.1) is 0 Å². The number of nitrogens with one attached hydrogen (secondary N) is 1. The second kappa shape index (κ2) is 4.91. The molecule has 4 nitrogen and oxygen atoms in total. The Morgan fingerprint density at radius 1 is 1.89 bits per heavy atom. The monoisotopic (exact) mass is 128 g/mol. The van der Waals surface area contributed by atoms with E-state index >= 15 is 0 Å². The molecule has 0 saturated carbocycles. The summed E-state index contributed by atoms with van der Waals surface area (Å²) < 4.78 is 4.44. The molecule has 1 amide bonds. The van der Waals surface area contributed by atoms with Gasteiger partial charge in [0, 0.05) is 0 Å². The Morgan fingerprint density at radius 2 is 2.56 bits per heavy atom. The standard InChI is InChI=1S/C5H8N2O2/c1-2-9-5(8)7-4-3-6/h2,4H2,1H3,(H,7,8). The molecule has 0 bridgehead atoms. The molecule has 0 fully saturated rings. The van der Waals surface area contributed by atoms with Gasteiger partial charge in [-0.2, -0.15) is 5.26 Å². The second-order valence-corrected chi connectivity index (χ2v) is 1.23. The van der Waals surface area contributed by atoms with E-state index in [-0.39, 0.29) is 6.54 Å². The van der Waals surface area contributed by atoms with Crippen molar-refractivity contribution >= 4 is 6.09 Å². The highest BCUT2D eigenvalue weighted by Crippen LogP contribution is 1.73. The number of hydrogen-bond acceptors (Lipinski definition) is 3. The van der Waals surface area contributed by atoms with Crippen molar-refractivity contribution in [2.45, 2.75) is 6.92 Å². The molecule has 0 aliphatic carbocycles. The van der Waals surface area contributed by atoms with E-state index in [1.807, 2.05) is 0 Å². The molecule has 0 aromatic rings. The van der Waals surface area contributed by atoms with Gasteiger partial charge in [-0.25, -0.2) is 4.79 Å². The summed E-state index contributed by atoms with van der Waals surface area (Å²) in [6, 6.07) is 1.75. The van der Waals surface area contributed by atoms with E-state index in [1.54, 1.807) is 13.0 Å². The Morgan fingerprint density at radius 3 is 3.00 bits per heavy atom. The highest BCUT2D eigenvalue weighted by Gasteiger charge is 1.94. The predicted octanol–water partition coefficient (Wildman–Crippen LogP) is 0.256. The third-order valence-electron chi connectivity index (χ3n) is 0.587. The number of alkyl carbamates (subject to hydrolysis) is 1. The average molecular weight is 128 g/mol. The van der Waals surface area contributed by atoms with E-state index in [9.17, 15) is 4.79 Å². The SMILES string of the molecule is CCOC(=O)NCC#N. The van der Waals surface area contributed by atoms with Gasteiger partial charge in [-0.1, -0.05) is 0 Å². The fraction of sp³-hybridized carbons (Fsp3) is 0.600. The molecular weight excluding hydrogens is 120 g/mol. The van der Waals surface area contributed by atoms with Crippen LogP contribution in [-0.4, -0.2) is 19.2 Å². The van der Waals surface area contributed by atoms with E-state index < -0.39 is 6.09 Å². The smallest absolute Gasteiger partial charge is 0.407 e. The molecular formula is C5H8N2O2. The summed E-state index contributed by atoms with van der Waals surface area (Å²) >= 11 is 0. The van der Waals surface area contributed by atoms with Crippen LogP contribution in [0.4, 0.5) is 4.79 Å². The summed E-state index contributed by atoms with van der Waals surface area (Å²) in [6.07, 6.45) is -0.543. The lowest BCUT2D eigenvalue weighted by Crippen LogP contribution is -2.24. The summed E-state index contributed by atoms with van der Waals surface area (Å²) in [5.74, 6) is 0. The largest absolute Gasteiger partial charge is 0.450 e. The molecule has 0 aromatic carbocycles. The third-order valence-corrected chi connectivity index (χ3v) is 0.587. The highest BCUT2D eigenvalue weighted by molar-refractivity contribution is 5.67. The quantitative estimate of drug-likeness (QED) is 0.542. The zero-order valence-corrected chi connectivity index (χ0v) is 5.18. The molecule has 0 aromatic heterocycles. The zero-order valence-electron chi connectivity index (χ0n) is 5.18. The summed E-state index contributed by atoms with van der Waals surface area (Å²) in [5.41, 5.74) is 0. The Kier molecular flexibility index (Phi) is 4.23. The second-order valence-electron chi connectivity index (χ2n) is 1.23. The van der Waals surface area contributed by atoms with Crippen molar-refractivity contribution in [2.75, 3.05) is 13.2 Å². The maximum Gasteiger partial charge on any atom is 0.407 e.